The molecule has 0 aromatic carbocycles. The molecule has 2 aromatic rings. The maximum absolute atomic E-state index is 4.25. The Hall–Kier alpha value is -1.16. The first kappa shape index (κ1) is 19.9. The summed E-state index contributed by atoms with van der Waals surface area (Å²) >= 11 is 1.85. The first-order chi connectivity index (χ1) is 10.8. The lowest BCUT2D eigenvalue weighted by atomic mass is 10.4. The molecular formula is C15H25IN6S. The predicted octanol–water partition coefficient (Wildman–Crippen LogP) is 2.45. The van der Waals surface area contributed by atoms with Gasteiger partial charge in [0.05, 0.1) is 6.54 Å². The van der Waals surface area contributed by atoms with E-state index in [0.29, 0.717) is 0 Å². The second-order valence-electron chi connectivity index (χ2n) is 4.87. The summed E-state index contributed by atoms with van der Waals surface area (Å²) in [5, 5.41) is 14.7. The van der Waals surface area contributed by atoms with Crippen LogP contribution in [-0.2, 0) is 25.9 Å². The summed E-state index contributed by atoms with van der Waals surface area (Å²) in [5.74, 6) is 1.83. The van der Waals surface area contributed by atoms with Crippen LogP contribution in [0.15, 0.2) is 23.5 Å². The van der Waals surface area contributed by atoms with Gasteiger partial charge in [0.1, 0.15) is 12.2 Å². The van der Waals surface area contributed by atoms with E-state index in [9.17, 15) is 0 Å². The Morgan fingerprint density at radius 2 is 2.00 bits per heavy atom. The van der Waals surface area contributed by atoms with Crippen LogP contribution >= 0.6 is 35.3 Å². The minimum atomic E-state index is 0. The molecule has 0 aliphatic rings. The average molecular weight is 448 g/mol. The summed E-state index contributed by atoms with van der Waals surface area (Å²) in [7, 11) is 1.79. The van der Waals surface area contributed by atoms with Gasteiger partial charge in [0, 0.05) is 36.3 Å². The molecule has 8 heteroatoms. The Bertz CT molecular complexity index is 607. The van der Waals surface area contributed by atoms with E-state index in [2.05, 4.69) is 56.4 Å². The van der Waals surface area contributed by atoms with Crippen molar-refractivity contribution in [2.45, 2.75) is 39.8 Å². The van der Waals surface area contributed by atoms with Crippen LogP contribution in [0.25, 0.3) is 0 Å². The molecule has 128 valence electrons. The van der Waals surface area contributed by atoms with Gasteiger partial charge >= 0.3 is 0 Å². The number of hydrogen-bond acceptors (Lipinski definition) is 4. The average Bonchev–Trinajstić information content (AvgIpc) is 3.19. The van der Waals surface area contributed by atoms with Crippen molar-refractivity contribution in [3.63, 3.8) is 0 Å². The number of thiophene rings is 1. The van der Waals surface area contributed by atoms with E-state index in [1.54, 1.807) is 13.4 Å². The topological polar surface area (TPSA) is 67.1 Å². The smallest absolute Gasteiger partial charge is 0.191 e. The van der Waals surface area contributed by atoms with Crippen molar-refractivity contribution < 1.29 is 0 Å². The summed E-state index contributed by atoms with van der Waals surface area (Å²) in [5.41, 5.74) is 0. The van der Waals surface area contributed by atoms with Crippen molar-refractivity contribution in [2.24, 2.45) is 4.99 Å². The van der Waals surface area contributed by atoms with E-state index in [1.807, 2.05) is 11.3 Å². The minimum Gasteiger partial charge on any atom is -0.355 e. The van der Waals surface area contributed by atoms with Gasteiger partial charge in [0.15, 0.2) is 5.96 Å². The zero-order valence-corrected chi connectivity index (χ0v) is 17.0. The quantitative estimate of drug-likeness (QED) is 0.388. The molecule has 0 spiro atoms. The van der Waals surface area contributed by atoms with Crippen molar-refractivity contribution in [1.29, 1.82) is 0 Å². The van der Waals surface area contributed by atoms with Gasteiger partial charge in [0.2, 0.25) is 0 Å². The second kappa shape index (κ2) is 10.6. The zero-order valence-electron chi connectivity index (χ0n) is 13.9. The standard InChI is InChI=1S/C15H24N6S.HI/c1-4-12-6-7-13(22-12)10-18-15(16-3)17-8-9-21-11-19-20-14(21)5-2;/h6-7,11H,4-5,8-10H2,1-3H3,(H2,16,17,18);1H. The summed E-state index contributed by atoms with van der Waals surface area (Å²) in [6.45, 7) is 6.68. The number of hydrogen-bond donors (Lipinski definition) is 2. The summed E-state index contributed by atoms with van der Waals surface area (Å²) in [6.07, 6.45) is 3.76. The molecule has 2 aromatic heterocycles. The molecule has 2 N–H and O–H groups in total. The molecule has 0 amide bonds. The fourth-order valence-corrected chi connectivity index (χ4v) is 3.03. The fourth-order valence-electron chi connectivity index (χ4n) is 2.13. The van der Waals surface area contributed by atoms with Crippen LogP contribution in [0.4, 0.5) is 0 Å². The van der Waals surface area contributed by atoms with E-state index in [0.717, 1.165) is 44.3 Å². The maximum atomic E-state index is 4.25. The monoisotopic (exact) mass is 448 g/mol. The highest BCUT2D eigenvalue weighted by molar-refractivity contribution is 14.0. The third-order valence-corrected chi connectivity index (χ3v) is 4.61. The minimum absolute atomic E-state index is 0. The number of nitrogens with zero attached hydrogens (tertiary/aromatic N) is 4. The van der Waals surface area contributed by atoms with Crippen LogP contribution in [0.5, 0.6) is 0 Å². The van der Waals surface area contributed by atoms with Crippen LogP contribution in [0.3, 0.4) is 0 Å². The number of aryl methyl sites for hydroxylation is 2. The van der Waals surface area contributed by atoms with Gasteiger partial charge in [-0.2, -0.15) is 0 Å². The van der Waals surface area contributed by atoms with E-state index in [1.165, 1.54) is 9.75 Å². The van der Waals surface area contributed by atoms with Gasteiger partial charge < -0.3 is 15.2 Å². The summed E-state index contributed by atoms with van der Waals surface area (Å²) in [6, 6.07) is 4.37. The van der Waals surface area contributed by atoms with Gasteiger partial charge in [0.25, 0.3) is 0 Å². The lowest BCUT2D eigenvalue weighted by molar-refractivity contribution is 0.633. The van der Waals surface area contributed by atoms with E-state index >= 15 is 0 Å². The largest absolute Gasteiger partial charge is 0.355 e. The Morgan fingerprint density at radius 3 is 2.65 bits per heavy atom. The molecule has 0 radical (unpaired) electrons. The number of guanidine groups is 1. The van der Waals surface area contributed by atoms with Crippen molar-refractivity contribution in [2.75, 3.05) is 13.6 Å². The van der Waals surface area contributed by atoms with Gasteiger partial charge in [-0.05, 0) is 18.6 Å². The normalized spacial score (nSPS) is 11.2. The number of halogens is 1. The molecule has 0 bridgehead atoms. The Morgan fingerprint density at radius 1 is 1.22 bits per heavy atom. The molecule has 2 heterocycles. The van der Waals surface area contributed by atoms with Crippen LogP contribution < -0.4 is 10.6 Å². The Labute approximate surface area is 158 Å². The lowest BCUT2D eigenvalue weighted by Gasteiger charge is -2.12. The van der Waals surface area contributed by atoms with Crippen LogP contribution in [0.2, 0.25) is 0 Å². The SMILES string of the molecule is CCc1ccc(CNC(=NC)NCCn2cnnc2CC)s1.I. The number of rotatable bonds is 7. The first-order valence-corrected chi connectivity index (χ1v) is 8.47. The number of aromatic nitrogens is 3. The van der Waals surface area contributed by atoms with Crippen LogP contribution in [-0.4, -0.2) is 34.3 Å². The van der Waals surface area contributed by atoms with E-state index in [4.69, 9.17) is 0 Å². The summed E-state index contributed by atoms with van der Waals surface area (Å²) < 4.78 is 2.06. The summed E-state index contributed by atoms with van der Waals surface area (Å²) in [4.78, 5) is 6.99. The first-order valence-electron chi connectivity index (χ1n) is 7.65. The van der Waals surface area contributed by atoms with Crippen LogP contribution in [0, 0.1) is 0 Å². The van der Waals surface area contributed by atoms with Crippen molar-refractivity contribution in [1.82, 2.24) is 25.4 Å². The second-order valence-corrected chi connectivity index (χ2v) is 6.12. The van der Waals surface area contributed by atoms with Gasteiger partial charge in [-0.3, -0.25) is 4.99 Å². The molecule has 0 aliphatic carbocycles. The molecule has 0 atom stereocenters. The number of aliphatic imine (C=N–C) groups is 1. The molecule has 0 fully saturated rings. The predicted molar refractivity (Wildman–Crippen MR) is 107 cm³/mol. The van der Waals surface area contributed by atoms with Crippen molar-refractivity contribution in [3.8, 4) is 0 Å². The zero-order chi connectivity index (χ0) is 15.8. The fraction of sp³-hybridized carbons (Fsp3) is 0.533. The molecule has 0 saturated carbocycles. The Balaban J connectivity index is 0.00000264. The molecule has 0 aliphatic heterocycles. The van der Waals surface area contributed by atoms with Crippen LogP contribution in [0.1, 0.15) is 29.4 Å². The number of nitrogens with one attached hydrogen (secondary N) is 2. The van der Waals surface area contributed by atoms with E-state index in [-0.39, 0.29) is 24.0 Å². The third kappa shape index (κ3) is 6.09. The molecule has 0 unspecified atom stereocenters. The third-order valence-electron chi connectivity index (χ3n) is 3.38. The Kier molecular flexibility index (Phi) is 9.15. The maximum Gasteiger partial charge on any atom is 0.191 e. The lowest BCUT2D eigenvalue weighted by Crippen LogP contribution is -2.38. The molecule has 23 heavy (non-hydrogen) atoms. The highest BCUT2D eigenvalue weighted by Gasteiger charge is 2.03. The molecule has 0 saturated heterocycles. The molecule has 6 nitrogen and oxygen atoms in total. The van der Waals surface area contributed by atoms with E-state index < -0.39 is 0 Å². The molecular weight excluding hydrogens is 423 g/mol. The highest BCUT2D eigenvalue weighted by atomic mass is 127. The highest BCUT2D eigenvalue weighted by Crippen LogP contribution is 2.16. The molecule has 2 rings (SSSR count). The van der Waals surface area contributed by atoms with Crippen molar-refractivity contribution >= 4 is 41.3 Å². The van der Waals surface area contributed by atoms with Gasteiger partial charge in [-0.15, -0.1) is 45.5 Å². The van der Waals surface area contributed by atoms with Crippen molar-refractivity contribution in [3.05, 3.63) is 34.0 Å². The van der Waals surface area contributed by atoms with Gasteiger partial charge in [-0.1, -0.05) is 13.8 Å². The van der Waals surface area contributed by atoms with Gasteiger partial charge in [-0.25, -0.2) is 0 Å².